The van der Waals surface area contributed by atoms with E-state index >= 15 is 0 Å². The summed E-state index contributed by atoms with van der Waals surface area (Å²) in [6, 6.07) is 9.43. The molecular weight excluding hydrogens is 268 g/mol. The first kappa shape index (κ1) is 15.5. The molecule has 5 nitrogen and oxygen atoms in total. The second-order valence-corrected chi connectivity index (χ2v) is 5.35. The predicted octanol–water partition coefficient (Wildman–Crippen LogP) is 1.58. The SMILES string of the molecule is CN(C(=O)CCNC(=O)COCC1CC1)c1ccccc1. The lowest BCUT2D eigenvalue weighted by molar-refractivity contribution is -0.126. The van der Waals surface area contributed by atoms with Gasteiger partial charge in [0.25, 0.3) is 0 Å². The molecule has 2 amide bonds. The Hall–Kier alpha value is -1.88. The molecule has 0 bridgehead atoms. The Bertz CT molecular complexity index is 472. The molecule has 1 aliphatic carbocycles. The molecule has 1 aromatic rings. The first-order chi connectivity index (χ1) is 10.2. The average Bonchev–Trinajstić information content (AvgIpc) is 3.31. The molecule has 2 rings (SSSR count). The van der Waals surface area contributed by atoms with E-state index in [1.165, 1.54) is 12.8 Å². The van der Waals surface area contributed by atoms with Gasteiger partial charge in [0.1, 0.15) is 6.61 Å². The van der Waals surface area contributed by atoms with Gasteiger partial charge in [0.15, 0.2) is 0 Å². The van der Waals surface area contributed by atoms with Crippen LogP contribution in [0.5, 0.6) is 0 Å². The Kier molecular flexibility index (Phi) is 5.75. The number of nitrogens with zero attached hydrogens (tertiary/aromatic N) is 1. The zero-order chi connectivity index (χ0) is 15.1. The molecular formula is C16H22N2O3. The van der Waals surface area contributed by atoms with E-state index in [0.29, 0.717) is 19.1 Å². The second-order valence-electron chi connectivity index (χ2n) is 5.35. The average molecular weight is 290 g/mol. The van der Waals surface area contributed by atoms with Crippen molar-refractivity contribution in [1.29, 1.82) is 0 Å². The minimum absolute atomic E-state index is 0.0274. The normalized spacial score (nSPS) is 13.8. The van der Waals surface area contributed by atoms with Crippen LogP contribution in [0.4, 0.5) is 5.69 Å². The molecule has 0 aliphatic heterocycles. The van der Waals surface area contributed by atoms with Crippen molar-refractivity contribution in [1.82, 2.24) is 5.32 Å². The fourth-order valence-electron chi connectivity index (χ4n) is 1.93. The number of nitrogens with one attached hydrogen (secondary N) is 1. The van der Waals surface area contributed by atoms with E-state index in [0.717, 1.165) is 5.69 Å². The highest BCUT2D eigenvalue weighted by Crippen LogP contribution is 2.28. The molecule has 21 heavy (non-hydrogen) atoms. The summed E-state index contributed by atoms with van der Waals surface area (Å²) in [4.78, 5) is 25.1. The zero-order valence-electron chi connectivity index (χ0n) is 12.4. The number of ether oxygens (including phenoxy) is 1. The molecule has 114 valence electrons. The molecule has 0 radical (unpaired) electrons. The lowest BCUT2D eigenvalue weighted by Crippen LogP contribution is -2.33. The van der Waals surface area contributed by atoms with Crippen LogP contribution in [0.1, 0.15) is 19.3 Å². The highest BCUT2D eigenvalue weighted by molar-refractivity contribution is 5.93. The molecule has 0 saturated heterocycles. The summed E-state index contributed by atoms with van der Waals surface area (Å²) < 4.78 is 5.29. The van der Waals surface area contributed by atoms with Gasteiger partial charge >= 0.3 is 0 Å². The van der Waals surface area contributed by atoms with Crippen molar-refractivity contribution in [2.45, 2.75) is 19.3 Å². The van der Waals surface area contributed by atoms with Gasteiger partial charge in [-0.1, -0.05) is 18.2 Å². The van der Waals surface area contributed by atoms with Crippen LogP contribution in [-0.2, 0) is 14.3 Å². The molecule has 0 unspecified atom stereocenters. The third-order valence-electron chi connectivity index (χ3n) is 3.46. The summed E-state index contributed by atoms with van der Waals surface area (Å²) in [5.41, 5.74) is 0.849. The molecule has 0 aromatic heterocycles. The van der Waals surface area contributed by atoms with Crippen LogP contribution in [0.3, 0.4) is 0 Å². The van der Waals surface area contributed by atoms with E-state index in [2.05, 4.69) is 5.32 Å². The molecule has 0 atom stereocenters. The van der Waals surface area contributed by atoms with Gasteiger partial charge in [-0.15, -0.1) is 0 Å². The van der Waals surface area contributed by atoms with Crippen LogP contribution < -0.4 is 10.2 Å². The van der Waals surface area contributed by atoms with Crippen molar-refractivity contribution in [3.05, 3.63) is 30.3 Å². The molecule has 1 N–H and O–H groups in total. The summed E-state index contributed by atoms with van der Waals surface area (Å²) >= 11 is 0. The Labute approximate surface area is 125 Å². The monoisotopic (exact) mass is 290 g/mol. The lowest BCUT2D eigenvalue weighted by atomic mass is 10.2. The summed E-state index contributed by atoms with van der Waals surface area (Å²) in [7, 11) is 1.73. The molecule has 5 heteroatoms. The summed E-state index contributed by atoms with van der Waals surface area (Å²) in [5, 5.41) is 2.70. The Morgan fingerprint density at radius 3 is 2.67 bits per heavy atom. The van der Waals surface area contributed by atoms with Crippen molar-refractivity contribution in [2.24, 2.45) is 5.92 Å². The summed E-state index contributed by atoms with van der Waals surface area (Å²) in [6.45, 7) is 1.09. The highest BCUT2D eigenvalue weighted by Gasteiger charge is 2.21. The number of hydrogen-bond acceptors (Lipinski definition) is 3. The van der Waals surface area contributed by atoms with E-state index in [4.69, 9.17) is 4.74 Å². The van der Waals surface area contributed by atoms with E-state index in [1.807, 2.05) is 30.3 Å². The number of carbonyl (C=O) groups excluding carboxylic acids is 2. The molecule has 1 aliphatic rings. The van der Waals surface area contributed by atoms with Crippen LogP contribution in [-0.4, -0.2) is 38.6 Å². The Morgan fingerprint density at radius 2 is 2.00 bits per heavy atom. The van der Waals surface area contributed by atoms with Gasteiger partial charge in [-0.05, 0) is 30.9 Å². The molecule has 1 saturated carbocycles. The van der Waals surface area contributed by atoms with Crippen molar-refractivity contribution in [3.63, 3.8) is 0 Å². The van der Waals surface area contributed by atoms with Crippen LogP contribution >= 0.6 is 0 Å². The number of benzene rings is 1. The van der Waals surface area contributed by atoms with Gasteiger partial charge in [-0.2, -0.15) is 0 Å². The number of hydrogen-bond donors (Lipinski definition) is 1. The van der Waals surface area contributed by atoms with E-state index in [-0.39, 0.29) is 24.8 Å². The fraction of sp³-hybridized carbons (Fsp3) is 0.500. The van der Waals surface area contributed by atoms with Crippen LogP contribution in [0.25, 0.3) is 0 Å². The van der Waals surface area contributed by atoms with Gasteiger partial charge in [-0.3, -0.25) is 9.59 Å². The van der Waals surface area contributed by atoms with Crippen molar-refractivity contribution in [2.75, 3.05) is 31.7 Å². The second kappa shape index (κ2) is 7.78. The highest BCUT2D eigenvalue weighted by atomic mass is 16.5. The first-order valence-corrected chi connectivity index (χ1v) is 7.33. The summed E-state index contributed by atoms with van der Waals surface area (Å²) in [5.74, 6) is 0.463. The van der Waals surface area contributed by atoms with Gasteiger partial charge in [0.2, 0.25) is 11.8 Å². The first-order valence-electron chi connectivity index (χ1n) is 7.33. The topological polar surface area (TPSA) is 58.6 Å². The molecule has 1 fully saturated rings. The minimum Gasteiger partial charge on any atom is -0.371 e. The van der Waals surface area contributed by atoms with Crippen molar-refractivity contribution >= 4 is 17.5 Å². The van der Waals surface area contributed by atoms with Gasteiger partial charge in [0.05, 0.1) is 6.61 Å². The summed E-state index contributed by atoms with van der Waals surface area (Å²) in [6.07, 6.45) is 2.70. The predicted molar refractivity (Wildman–Crippen MR) is 81.0 cm³/mol. The lowest BCUT2D eigenvalue weighted by Gasteiger charge is -2.17. The standard InChI is InChI=1S/C16H22N2O3/c1-18(14-5-3-2-4-6-14)16(20)9-10-17-15(19)12-21-11-13-7-8-13/h2-6,13H,7-12H2,1H3,(H,17,19). The number of anilines is 1. The van der Waals surface area contributed by atoms with Gasteiger partial charge in [0, 0.05) is 25.7 Å². The number of para-hydroxylation sites is 1. The third-order valence-corrected chi connectivity index (χ3v) is 3.46. The number of rotatable bonds is 8. The van der Waals surface area contributed by atoms with Gasteiger partial charge in [-0.25, -0.2) is 0 Å². The molecule has 0 heterocycles. The minimum atomic E-state index is -0.161. The van der Waals surface area contributed by atoms with E-state index < -0.39 is 0 Å². The molecule has 1 aromatic carbocycles. The molecule has 0 spiro atoms. The van der Waals surface area contributed by atoms with Crippen molar-refractivity contribution in [3.8, 4) is 0 Å². The Morgan fingerprint density at radius 1 is 1.29 bits per heavy atom. The fourth-order valence-corrected chi connectivity index (χ4v) is 1.93. The maximum absolute atomic E-state index is 12.0. The van der Waals surface area contributed by atoms with Crippen LogP contribution in [0.15, 0.2) is 30.3 Å². The van der Waals surface area contributed by atoms with E-state index in [9.17, 15) is 9.59 Å². The van der Waals surface area contributed by atoms with Gasteiger partial charge < -0.3 is 15.0 Å². The third kappa shape index (κ3) is 5.55. The maximum Gasteiger partial charge on any atom is 0.246 e. The zero-order valence-corrected chi connectivity index (χ0v) is 12.4. The van der Waals surface area contributed by atoms with E-state index in [1.54, 1.807) is 11.9 Å². The largest absolute Gasteiger partial charge is 0.371 e. The Balaban J connectivity index is 1.60. The quantitative estimate of drug-likeness (QED) is 0.791. The maximum atomic E-state index is 12.0. The van der Waals surface area contributed by atoms with Crippen LogP contribution in [0.2, 0.25) is 0 Å². The number of carbonyl (C=O) groups is 2. The van der Waals surface area contributed by atoms with Crippen LogP contribution in [0, 0.1) is 5.92 Å². The smallest absolute Gasteiger partial charge is 0.246 e. The number of amides is 2. The van der Waals surface area contributed by atoms with Crippen molar-refractivity contribution < 1.29 is 14.3 Å².